The molecule has 0 saturated heterocycles. The van der Waals surface area contributed by atoms with E-state index in [0.29, 0.717) is 11.3 Å². The van der Waals surface area contributed by atoms with Gasteiger partial charge in [0.25, 0.3) is 10.0 Å². The summed E-state index contributed by atoms with van der Waals surface area (Å²) in [6.45, 7) is 0. The van der Waals surface area contributed by atoms with Crippen molar-refractivity contribution in [3.8, 4) is 0 Å². The minimum Gasteiger partial charge on any atom is -0.279 e. The number of benzene rings is 2. The molecule has 0 amide bonds. The van der Waals surface area contributed by atoms with Crippen LogP contribution >= 0.6 is 11.6 Å². The van der Waals surface area contributed by atoms with Gasteiger partial charge < -0.3 is 0 Å². The molecule has 0 bridgehead atoms. The predicted octanol–water partition coefficient (Wildman–Crippen LogP) is 3.37. The van der Waals surface area contributed by atoms with Gasteiger partial charge in [0.1, 0.15) is 5.82 Å². The summed E-state index contributed by atoms with van der Waals surface area (Å²) in [6, 6.07) is 11.6. The Balaban J connectivity index is 2.37. The quantitative estimate of drug-likeness (QED) is 0.880. The maximum atomic E-state index is 13.1. The molecule has 0 aromatic heterocycles. The van der Waals surface area contributed by atoms with Crippen LogP contribution in [0.5, 0.6) is 0 Å². The number of sulfonamides is 1. The third-order valence-electron chi connectivity index (χ3n) is 2.51. The Morgan fingerprint density at radius 2 is 1.84 bits per heavy atom. The largest absolute Gasteiger partial charge is 0.279 e. The molecule has 0 spiro atoms. The van der Waals surface area contributed by atoms with Gasteiger partial charge in [-0.15, -0.1) is 11.6 Å². The SMILES string of the molecule is O=S(=O)(Nc1ccccc1CCl)c1cccc(F)c1. The molecule has 0 heterocycles. The fourth-order valence-electron chi connectivity index (χ4n) is 1.57. The van der Waals surface area contributed by atoms with E-state index in [2.05, 4.69) is 4.72 Å². The Labute approximate surface area is 116 Å². The van der Waals surface area contributed by atoms with Crippen molar-refractivity contribution in [1.29, 1.82) is 0 Å². The lowest BCUT2D eigenvalue weighted by Gasteiger charge is -2.11. The van der Waals surface area contributed by atoms with E-state index in [9.17, 15) is 12.8 Å². The molecule has 0 unspecified atom stereocenters. The topological polar surface area (TPSA) is 46.2 Å². The van der Waals surface area contributed by atoms with Gasteiger partial charge in [0.15, 0.2) is 0 Å². The molecule has 0 saturated carbocycles. The third-order valence-corrected chi connectivity index (χ3v) is 4.16. The Morgan fingerprint density at radius 1 is 1.11 bits per heavy atom. The molecule has 0 atom stereocenters. The van der Waals surface area contributed by atoms with Gasteiger partial charge in [0.05, 0.1) is 10.6 Å². The second-order valence-electron chi connectivity index (χ2n) is 3.85. The minimum atomic E-state index is -3.82. The van der Waals surface area contributed by atoms with E-state index in [-0.39, 0.29) is 10.8 Å². The number of nitrogens with one attached hydrogen (secondary N) is 1. The number of rotatable bonds is 4. The van der Waals surface area contributed by atoms with Crippen molar-refractivity contribution < 1.29 is 12.8 Å². The Morgan fingerprint density at radius 3 is 2.53 bits per heavy atom. The summed E-state index contributed by atoms with van der Waals surface area (Å²) >= 11 is 5.74. The van der Waals surface area contributed by atoms with Crippen LogP contribution in [0.1, 0.15) is 5.56 Å². The summed E-state index contributed by atoms with van der Waals surface area (Å²) in [5.74, 6) is -0.421. The van der Waals surface area contributed by atoms with Gasteiger partial charge >= 0.3 is 0 Å². The smallest absolute Gasteiger partial charge is 0.262 e. The minimum absolute atomic E-state index is 0.128. The molecule has 19 heavy (non-hydrogen) atoms. The molecule has 0 aliphatic carbocycles. The maximum absolute atomic E-state index is 13.1. The zero-order valence-corrected chi connectivity index (χ0v) is 11.4. The molecule has 6 heteroatoms. The Hall–Kier alpha value is -1.59. The summed E-state index contributed by atoms with van der Waals surface area (Å²) in [7, 11) is -3.82. The number of halogens is 2. The second kappa shape index (κ2) is 5.59. The first-order chi connectivity index (χ1) is 9.03. The fourth-order valence-corrected chi connectivity index (χ4v) is 2.94. The number of alkyl halides is 1. The van der Waals surface area contributed by atoms with E-state index in [1.165, 1.54) is 18.2 Å². The van der Waals surface area contributed by atoms with Crippen LogP contribution < -0.4 is 4.72 Å². The van der Waals surface area contributed by atoms with Gasteiger partial charge in [0, 0.05) is 5.88 Å². The number of para-hydroxylation sites is 1. The average molecular weight is 300 g/mol. The monoisotopic (exact) mass is 299 g/mol. The normalized spacial score (nSPS) is 11.3. The van der Waals surface area contributed by atoms with Gasteiger partial charge in [-0.3, -0.25) is 4.72 Å². The highest BCUT2D eigenvalue weighted by molar-refractivity contribution is 7.92. The average Bonchev–Trinajstić information content (AvgIpc) is 2.39. The van der Waals surface area contributed by atoms with Crippen molar-refractivity contribution in [3.63, 3.8) is 0 Å². The van der Waals surface area contributed by atoms with Crippen LogP contribution in [0.15, 0.2) is 53.4 Å². The van der Waals surface area contributed by atoms with Gasteiger partial charge in [-0.25, -0.2) is 12.8 Å². The van der Waals surface area contributed by atoms with Crippen LogP contribution in [-0.4, -0.2) is 8.42 Å². The van der Waals surface area contributed by atoms with E-state index in [1.807, 2.05) is 0 Å². The standard InChI is InChI=1S/C13H11ClFNO2S/c14-9-10-4-1-2-7-13(10)16-19(17,18)12-6-3-5-11(15)8-12/h1-8,16H,9H2. The molecule has 2 rings (SSSR count). The highest BCUT2D eigenvalue weighted by atomic mass is 35.5. The van der Waals surface area contributed by atoms with E-state index in [4.69, 9.17) is 11.6 Å². The molecule has 1 N–H and O–H groups in total. The van der Waals surface area contributed by atoms with Crippen molar-refractivity contribution in [2.45, 2.75) is 10.8 Å². The van der Waals surface area contributed by atoms with E-state index >= 15 is 0 Å². The van der Waals surface area contributed by atoms with Crippen LogP contribution in [0.2, 0.25) is 0 Å². The molecule has 2 aromatic carbocycles. The van der Waals surface area contributed by atoms with Crippen molar-refractivity contribution >= 4 is 27.3 Å². The van der Waals surface area contributed by atoms with E-state index < -0.39 is 15.8 Å². The molecule has 0 radical (unpaired) electrons. The lowest BCUT2D eigenvalue weighted by molar-refractivity contribution is 0.595. The Bertz CT molecular complexity index is 689. The van der Waals surface area contributed by atoms with Crippen LogP contribution in [0.3, 0.4) is 0 Å². The fraction of sp³-hybridized carbons (Fsp3) is 0.0769. The zero-order chi connectivity index (χ0) is 13.9. The van der Waals surface area contributed by atoms with Gasteiger partial charge in [0.2, 0.25) is 0 Å². The summed E-state index contributed by atoms with van der Waals surface area (Å²) in [5.41, 5.74) is 1.05. The van der Waals surface area contributed by atoms with E-state index in [0.717, 1.165) is 6.07 Å². The van der Waals surface area contributed by atoms with Crippen LogP contribution in [-0.2, 0) is 15.9 Å². The summed E-state index contributed by atoms with van der Waals surface area (Å²) in [5, 5.41) is 0. The number of anilines is 1. The summed E-state index contributed by atoms with van der Waals surface area (Å²) in [4.78, 5) is -0.128. The van der Waals surface area contributed by atoms with Crippen LogP contribution in [0, 0.1) is 5.82 Å². The zero-order valence-electron chi connectivity index (χ0n) is 9.81. The van der Waals surface area contributed by atoms with E-state index in [1.54, 1.807) is 24.3 Å². The predicted molar refractivity (Wildman–Crippen MR) is 73.2 cm³/mol. The molecule has 0 aliphatic heterocycles. The van der Waals surface area contributed by atoms with Crippen molar-refractivity contribution in [2.75, 3.05) is 4.72 Å². The molecule has 0 fully saturated rings. The lowest BCUT2D eigenvalue weighted by Crippen LogP contribution is -2.14. The van der Waals surface area contributed by atoms with Crippen molar-refractivity contribution in [2.24, 2.45) is 0 Å². The maximum Gasteiger partial charge on any atom is 0.262 e. The van der Waals surface area contributed by atoms with Crippen LogP contribution in [0.4, 0.5) is 10.1 Å². The molecular weight excluding hydrogens is 289 g/mol. The van der Waals surface area contributed by atoms with Gasteiger partial charge in [-0.05, 0) is 29.8 Å². The van der Waals surface area contributed by atoms with Crippen LogP contribution in [0.25, 0.3) is 0 Å². The van der Waals surface area contributed by atoms with Gasteiger partial charge in [-0.1, -0.05) is 24.3 Å². The first-order valence-corrected chi connectivity index (χ1v) is 7.47. The van der Waals surface area contributed by atoms with Crippen molar-refractivity contribution in [1.82, 2.24) is 0 Å². The summed E-state index contributed by atoms with van der Waals surface area (Å²) < 4.78 is 39.7. The summed E-state index contributed by atoms with van der Waals surface area (Å²) in [6.07, 6.45) is 0. The first kappa shape index (κ1) is 13.8. The molecular formula is C13H11ClFNO2S. The number of hydrogen-bond donors (Lipinski definition) is 1. The molecule has 0 aliphatic rings. The van der Waals surface area contributed by atoms with Gasteiger partial charge in [-0.2, -0.15) is 0 Å². The molecule has 3 nitrogen and oxygen atoms in total. The Kier molecular flexibility index (Phi) is 4.07. The highest BCUT2D eigenvalue weighted by Crippen LogP contribution is 2.21. The lowest BCUT2D eigenvalue weighted by atomic mass is 10.2. The third kappa shape index (κ3) is 3.24. The number of hydrogen-bond acceptors (Lipinski definition) is 2. The van der Waals surface area contributed by atoms with Crippen molar-refractivity contribution in [3.05, 3.63) is 59.9 Å². The molecule has 2 aromatic rings. The second-order valence-corrected chi connectivity index (χ2v) is 5.80. The highest BCUT2D eigenvalue weighted by Gasteiger charge is 2.16. The first-order valence-electron chi connectivity index (χ1n) is 5.45. The molecule has 100 valence electrons.